The van der Waals surface area contributed by atoms with Crippen LogP contribution in [0.15, 0.2) is 33.9 Å². The van der Waals surface area contributed by atoms with Gasteiger partial charge >= 0.3 is 29.6 Å². The SMILES string of the molecule is C[C@@H]1S[C@@H]2[C@H](CC(=O)/C(=N\OC(C)(C)C(=O)[O-])c3csc(N)n3)C(=O)N2C(C(=O)[O-])=C1C[N+]12CCC(CC1)N(C(=O)c1cc(O)c(O)c(Cl)c1)CC2.[Na+]. The fourth-order valence-corrected chi connectivity index (χ4v) is 9.45. The number of halogens is 1. The summed E-state index contributed by atoms with van der Waals surface area (Å²) < 4.78 is 0.492. The summed E-state index contributed by atoms with van der Waals surface area (Å²) >= 11 is 8.40. The largest absolute Gasteiger partial charge is 1.00 e. The average molecular weight is 799 g/mol. The number of carboxylic acid groups (broad SMARTS) is 2. The van der Waals surface area contributed by atoms with Gasteiger partial charge in [0.2, 0.25) is 5.91 Å². The Bertz CT molecular complexity index is 1910. The van der Waals surface area contributed by atoms with Crippen molar-refractivity contribution in [2.45, 2.75) is 62.3 Å². The van der Waals surface area contributed by atoms with Crippen LogP contribution >= 0.6 is 34.7 Å². The van der Waals surface area contributed by atoms with E-state index in [4.69, 9.17) is 22.2 Å². The minimum absolute atomic E-state index is 0. The first kappa shape index (κ1) is 40.8. The molecule has 0 unspecified atom stereocenters. The van der Waals surface area contributed by atoms with Crippen molar-refractivity contribution in [1.29, 1.82) is 0 Å². The van der Waals surface area contributed by atoms with Gasteiger partial charge in [-0.25, -0.2) is 4.98 Å². The number of hydrogen-bond donors (Lipinski definition) is 3. The molecule has 3 atom stereocenters. The van der Waals surface area contributed by atoms with Gasteiger partial charge < -0.3 is 50.0 Å². The molecule has 4 saturated heterocycles. The Kier molecular flexibility index (Phi) is 11.8. The number of phenolic OH excluding ortho intramolecular Hbond substituents is 2. The van der Waals surface area contributed by atoms with E-state index in [-0.39, 0.29) is 86.0 Å². The van der Waals surface area contributed by atoms with Crippen molar-refractivity contribution in [2.75, 3.05) is 38.5 Å². The number of ketones is 1. The van der Waals surface area contributed by atoms with Gasteiger partial charge in [0.25, 0.3) is 5.91 Å². The molecule has 16 nitrogen and oxygen atoms in total. The molecular formula is C33H36ClN6NaO10S2. The first-order valence-corrected chi connectivity index (χ1v) is 18.7. The van der Waals surface area contributed by atoms with Gasteiger partial charge in [0.05, 0.1) is 60.1 Å². The molecule has 2 amide bonds. The van der Waals surface area contributed by atoms with E-state index in [1.54, 1.807) is 4.90 Å². The maximum Gasteiger partial charge on any atom is 1.00 e. The third-order valence-corrected chi connectivity index (χ3v) is 12.7. The third kappa shape index (κ3) is 7.77. The third-order valence-electron chi connectivity index (χ3n) is 10.2. The summed E-state index contributed by atoms with van der Waals surface area (Å²) in [6, 6.07) is 2.41. The zero-order chi connectivity index (χ0) is 37.9. The number of carbonyl (C=O) groups excluding carboxylic acids is 5. The quantitative estimate of drug-likeness (QED) is 0.0516. The van der Waals surface area contributed by atoms with Crippen molar-refractivity contribution in [3.63, 3.8) is 0 Å². The Labute approximate surface area is 339 Å². The Morgan fingerprint density at radius 2 is 1.85 bits per heavy atom. The molecule has 5 aliphatic rings. The van der Waals surface area contributed by atoms with E-state index >= 15 is 0 Å². The molecule has 4 N–H and O–H groups in total. The number of rotatable bonds is 11. The zero-order valence-corrected chi connectivity index (χ0v) is 33.8. The van der Waals surface area contributed by atoms with Crippen molar-refractivity contribution in [3.8, 4) is 11.5 Å². The van der Waals surface area contributed by atoms with Crippen molar-refractivity contribution in [2.24, 2.45) is 11.1 Å². The minimum Gasteiger partial charge on any atom is -0.546 e. The number of β-lactam (4-membered cyclic amide) rings is 1. The maximum absolute atomic E-state index is 13.6. The molecule has 5 aliphatic heterocycles. The van der Waals surface area contributed by atoms with Gasteiger partial charge in [-0.2, -0.15) is 0 Å². The monoisotopic (exact) mass is 798 g/mol. The number of thioether (sulfide) groups is 1. The smallest absolute Gasteiger partial charge is 0.546 e. The van der Waals surface area contributed by atoms with Crippen LogP contribution in [-0.2, 0) is 24.0 Å². The summed E-state index contributed by atoms with van der Waals surface area (Å²) in [4.78, 5) is 77.1. The summed E-state index contributed by atoms with van der Waals surface area (Å²) in [6.07, 6.45) is 0.912. The number of amides is 2. The van der Waals surface area contributed by atoms with E-state index in [0.29, 0.717) is 55.6 Å². The van der Waals surface area contributed by atoms with Crippen LogP contribution in [0.2, 0.25) is 5.02 Å². The van der Waals surface area contributed by atoms with Crippen LogP contribution in [-0.4, -0.2) is 120 Å². The number of aromatic nitrogens is 1. The maximum atomic E-state index is 13.6. The number of nitrogens with two attached hydrogens (primary N) is 1. The van der Waals surface area contributed by atoms with E-state index in [9.17, 15) is 44.4 Å². The van der Waals surface area contributed by atoms with Crippen LogP contribution in [0.1, 0.15) is 56.1 Å². The normalized spacial score (nSPS) is 25.6. The van der Waals surface area contributed by atoms with E-state index < -0.39 is 52.0 Å². The van der Waals surface area contributed by atoms with Gasteiger partial charge in [-0.3, -0.25) is 19.3 Å². The molecule has 0 radical (unpaired) electrons. The van der Waals surface area contributed by atoms with Crippen LogP contribution in [0.3, 0.4) is 0 Å². The number of benzene rings is 1. The molecule has 0 spiro atoms. The Hall–Kier alpha value is -3.39. The van der Waals surface area contributed by atoms with Crippen molar-refractivity contribution in [1.82, 2.24) is 14.8 Å². The molecule has 0 saturated carbocycles. The molecule has 7 rings (SSSR count). The van der Waals surface area contributed by atoms with Gasteiger partial charge in [-0.05, 0) is 32.9 Å². The number of anilines is 1. The van der Waals surface area contributed by atoms with Crippen LogP contribution in [0.5, 0.6) is 11.5 Å². The van der Waals surface area contributed by atoms with Crippen molar-refractivity contribution in [3.05, 3.63) is 45.1 Å². The van der Waals surface area contributed by atoms with Crippen molar-refractivity contribution < 1.29 is 83.3 Å². The first-order valence-electron chi connectivity index (χ1n) is 16.5. The van der Waals surface area contributed by atoms with E-state index in [0.717, 1.165) is 11.3 Å². The second-order valence-corrected chi connectivity index (χ2v) is 16.7. The van der Waals surface area contributed by atoms with E-state index in [1.165, 1.54) is 48.0 Å². The number of nitrogen functional groups attached to an aromatic ring is 1. The fraction of sp³-hybridized carbons (Fsp3) is 0.485. The van der Waals surface area contributed by atoms with Crippen LogP contribution in [0, 0.1) is 5.92 Å². The molecule has 278 valence electrons. The Balaban J connectivity index is 0.00000541. The van der Waals surface area contributed by atoms with Gasteiger partial charge in [0, 0.05) is 47.1 Å². The fourth-order valence-electron chi connectivity index (χ4n) is 7.19. The summed E-state index contributed by atoms with van der Waals surface area (Å²) in [5, 5.41) is 48.2. The van der Waals surface area contributed by atoms with Crippen LogP contribution < -0.4 is 45.5 Å². The first-order chi connectivity index (χ1) is 24.4. The van der Waals surface area contributed by atoms with Gasteiger partial charge in [-0.15, -0.1) is 23.1 Å². The number of fused-ring (bicyclic) bond motifs is 5. The summed E-state index contributed by atoms with van der Waals surface area (Å²) in [5.41, 5.74) is 4.02. The molecule has 20 heteroatoms. The number of carboxylic acids is 2. The summed E-state index contributed by atoms with van der Waals surface area (Å²) in [5.74, 6) is -6.59. The molecule has 1 aromatic heterocycles. The second kappa shape index (κ2) is 15.4. The Morgan fingerprint density at radius 3 is 2.43 bits per heavy atom. The minimum atomic E-state index is -1.89. The number of nitrogens with zero attached hydrogens (tertiary/aromatic N) is 5. The number of Topliss-reactive ketones (excluding diaryl/α,β-unsaturated/α-hetero) is 1. The molecular weight excluding hydrogens is 763 g/mol. The van der Waals surface area contributed by atoms with Crippen LogP contribution in [0.25, 0.3) is 0 Å². The molecule has 2 bridgehead atoms. The summed E-state index contributed by atoms with van der Waals surface area (Å²) in [7, 11) is 0. The number of aromatic hydroxyl groups is 2. The molecule has 2 aromatic rings. The number of hydrogen-bond acceptors (Lipinski definition) is 15. The van der Waals surface area contributed by atoms with E-state index in [2.05, 4.69) is 10.1 Å². The number of piperidine rings is 1. The van der Waals surface area contributed by atoms with Gasteiger partial charge in [0.15, 0.2) is 33.7 Å². The Morgan fingerprint density at radius 1 is 1.17 bits per heavy atom. The number of aliphatic carboxylic acids is 2. The predicted molar refractivity (Wildman–Crippen MR) is 185 cm³/mol. The standard InChI is InChI=1S/C33H37ClN6O10S2.Na/c1-15-19(13-40-7-4-17(5-8-40)38(6-9-40)27(44)16-10-20(34)26(43)23(42)11-16)25(30(46)47)39-28(45)18(29(39)52-15)12-22(41)24(21-14-51-32(35)36-21)37-50-33(2,3)31(48)49;/h10-11,14-15,17-18,29H,4-9,12-13H2,1-3H3,(H5-,35,36,37,41,42,43,44,46,47,48,49);/q;+1/p-1/t15-,17?,18+,29+,40?;/m0./s1. The number of carbonyl (C=O) groups is 5. The van der Waals surface area contributed by atoms with Crippen LogP contribution in [0.4, 0.5) is 5.13 Å². The number of phenols is 2. The van der Waals surface area contributed by atoms with Gasteiger partial charge in [0.1, 0.15) is 12.2 Å². The predicted octanol–water partition coefficient (Wildman–Crippen LogP) is -2.94. The molecule has 53 heavy (non-hydrogen) atoms. The number of thiazole rings is 1. The second-order valence-electron chi connectivity index (χ2n) is 13.9. The average Bonchev–Trinajstić information content (AvgIpc) is 3.33. The number of quaternary nitrogens is 1. The molecule has 0 aliphatic carbocycles. The van der Waals surface area contributed by atoms with Crippen molar-refractivity contribution >= 4 is 75.1 Å². The number of oxime groups is 1. The molecule has 4 fully saturated rings. The molecule has 1 aromatic carbocycles. The topological polar surface area (TPSA) is 239 Å². The molecule has 6 heterocycles. The summed E-state index contributed by atoms with van der Waals surface area (Å²) in [6.45, 7) is 6.72. The van der Waals surface area contributed by atoms with Gasteiger partial charge in [-0.1, -0.05) is 16.8 Å². The van der Waals surface area contributed by atoms with E-state index in [1.807, 2.05) is 6.92 Å². The zero-order valence-electron chi connectivity index (χ0n) is 29.4.